The van der Waals surface area contributed by atoms with Gasteiger partial charge in [0.2, 0.25) is 10.0 Å². The number of hydrogen-bond donors (Lipinski definition) is 1. The molecule has 0 spiro atoms. The molecule has 0 aromatic heterocycles. The molecule has 0 aliphatic carbocycles. The molecule has 0 heterocycles. The van der Waals surface area contributed by atoms with Gasteiger partial charge in [0, 0.05) is 12.4 Å². The van der Waals surface area contributed by atoms with E-state index >= 15 is 0 Å². The number of benzene rings is 1. The second-order valence-electron chi connectivity index (χ2n) is 3.26. The van der Waals surface area contributed by atoms with Crippen molar-refractivity contribution >= 4 is 21.6 Å². The summed E-state index contributed by atoms with van der Waals surface area (Å²) in [4.78, 5) is 0.303. The van der Waals surface area contributed by atoms with E-state index in [1.54, 1.807) is 18.2 Å². The first-order valence-corrected chi connectivity index (χ1v) is 6.70. The predicted molar refractivity (Wildman–Crippen MR) is 61.7 cm³/mol. The summed E-state index contributed by atoms with van der Waals surface area (Å²) >= 11 is 5.47. The quantitative estimate of drug-likeness (QED) is 0.638. The van der Waals surface area contributed by atoms with Gasteiger partial charge >= 0.3 is 0 Å². The van der Waals surface area contributed by atoms with Crippen LogP contribution in [0.2, 0.25) is 0 Å². The highest BCUT2D eigenvalue weighted by molar-refractivity contribution is 7.89. The van der Waals surface area contributed by atoms with Gasteiger partial charge in [0.05, 0.1) is 4.90 Å². The van der Waals surface area contributed by atoms with Gasteiger partial charge in [-0.25, -0.2) is 13.1 Å². The van der Waals surface area contributed by atoms with E-state index in [1.807, 2.05) is 13.0 Å². The first kappa shape index (κ1) is 12.5. The van der Waals surface area contributed by atoms with Gasteiger partial charge < -0.3 is 0 Å². The van der Waals surface area contributed by atoms with Crippen LogP contribution in [-0.4, -0.2) is 20.8 Å². The van der Waals surface area contributed by atoms with E-state index in [0.717, 1.165) is 5.56 Å². The van der Waals surface area contributed by atoms with Crippen molar-refractivity contribution in [3.63, 3.8) is 0 Å². The summed E-state index contributed by atoms with van der Waals surface area (Å²) in [6.45, 7) is 2.23. The first-order valence-electron chi connectivity index (χ1n) is 4.68. The van der Waals surface area contributed by atoms with Crippen LogP contribution < -0.4 is 4.72 Å². The second-order valence-corrected chi connectivity index (χ2v) is 5.40. The average Bonchev–Trinajstić information content (AvgIpc) is 2.18. The molecule has 1 N–H and O–H groups in total. The summed E-state index contributed by atoms with van der Waals surface area (Å²) in [5, 5.41) is 0. The van der Waals surface area contributed by atoms with Crippen molar-refractivity contribution in [1.29, 1.82) is 0 Å². The lowest BCUT2D eigenvalue weighted by Crippen LogP contribution is -2.25. The van der Waals surface area contributed by atoms with Gasteiger partial charge in [-0.05, 0) is 31.0 Å². The molecule has 1 aromatic rings. The minimum absolute atomic E-state index is 0.303. The van der Waals surface area contributed by atoms with E-state index in [0.29, 0.717) is 23.7 Å². The summed E-state index contributed by atoms with van der Waals surface area (Å²) in [6.07, 6.45) is 0.632. The first-order chi connectivity index (χ1) is 7.06. The van der Waals surface area contributed by atoms with E-state index in [-0.39, 0.29) is 0 Å². The molecule has 84 valence electrons. The van der Waals surface area contributed by atoms with Crippen LogP contribution in [-0.2, 0) is 10.0 Å². The molecule has 0 saturated carbocycles. The average molecular weight is 248 g/mol. The highest BCUT2D eigenvalue weighted by Gasteiger charge is 2.12. The van der Waals surface area contributed by atoms with Crippen LogP contribution >= 0.6 is 11.6 Å². The normalized spacial score (nSPS) is 11.6. The van der Waals surface area contributed by atoms with E-state index in [9.17, 15) is 8.42 Å². The Hall–Kier alpha value is -0.580. The third-order valence-electron chi connectivity index (χ3n) is 1.90. The summed E-state index contributed by atoms with van der Waals surface area (Å²) < 4.78 is 25.9. The Morgan fingerprint density at radius 1 is 1.40 bits per heavy atom. The van der Waals surface area contributed by atoms with Crippen molar-refractivity contribution in [1.82, 2.24) is 4.72 Å². The maximum Gasteiger partial charge on any atom is 0.240 e. The zero-order chi connectivity index (χ0) is 11.3. The van der Waals surface area contributed by atoms with Crippen molar-refractivity contribution in [3.8, 4) is 0 Å². The maximum absolute atomic E-state index is 11.7. The summed E-state index contributed by atoms with van der Waals surface area (Å²) in [7, 11) is -3.36. The molecule has 0 radical (unpaired) electrons. The molecular weight excluding hydrogens is 234 g/mol. The Morgan fingerprint density at radius 3 is 2.73 bits per heavy atom. The molecule has 0 bridgehead atoms. The fraction of sp³-hybridized carbons (Fsp3) is 0.400. The van der Waals surface area contributed by atoms with Crippen LogP contribution in [0.5, 0.6) is 0 Å². The second kappa shape index (κ2) is 5.49. The lowest BCUT2D eigenvalue weighted by atomic mass is 10.2. The van der Waals surface area contributed by atoms with Crippen LogP contribution in [0.3, 0.4) is 0 Å². The molecule has 0 fully saturated rings. The van der Waals surface area contributed by atoms with Gasteiger partial charge in [-0.3, -0.25) is 0 Å². The Kier molecular flexibility index (Phi) is 4.57. The topological polar surface area (TPSA) is 46.2 Å². The smallest absolute Gasteiger partial charge is 0.211 e. The molecule has 0 unspecified atom stereocenters. The van der Waals surface area contributed by atoms with Crippen LogP contribution in [0.4, 0.5) is 0 Å². The molecule has 0 amide bonds. The lowest BCUT2D eigenvalue weighted by Gasteiger charge is -2.06. The number of nitrogens with one attached hydrogen (secondary N) is 1. The monoisotopic (exact) mass is 247 g/mol. The van der Waals surface area contributed by atoms with Crippen molar-refractivity contribution in [2.45, 2.75) is 18.2 Å². The fourth-order valence-electron chi connectivity index (χ4n) is 1.14. The van der Waals surface area contributed by atoms with Crippen LogP contribution in [0.15, 0.2) is 29.2 Å². The minimum atomic E-state index is -3.36. The van der Waals surface area contributed by atoms with E-state index in [4.69, 9.17) is 11.6 Å². The van der Waals surface area contributed by atoms with Gasteiger partial charge in [-0.15, -0.1) is 11.6 Å². The predicted octanol–water partition coefficient (Wildman–Crippen LogP) is 1.90. The third kappa shape index (κ3) is 3.81. The zero-order valence-electron chi connectivity index (χ0n) is 8.53. The van der Waals surface area contributed by atoms with E-state index in [2.05, 4.69) is 4.72 Å². The molecule has 1 rings (SSSR count). The van der Waals surface area contributed by atoms with E-state index < -0.39 is 10.0 Å². The zero-order valence-corrected chi connectivity index (χ0v) is 10.1. The maximum atomic E-state index is 11.7. The number of hydrogen-bond acceptors (Lipinski definition) is 2. The SMILES string of the molecule is Cc1cccc(S(=O)(=O)NCCCCl)c1. The molecular formula is C10H14ClNO2S. The molecule has 0 aliphatic rings. The number of rotatable bonds is 5. The highest BCUT2D eigenvalue weighted by Crippen LogP contribution is 2.10. The van der Waals surface area contributed by atoms with Gasteiger partial charge in [-0.2, -0.15) is 0 Å². The standard InChI is InChI=1S/C10H14ClNO2S/c1-9-4-2-5-10(8-9)15(13,14)12-7-3-6-11/h2,4-5,8,12H,3,6-7H2,1H3. The van der Waals surface area contributed by atoms with Crippen molar-refractivity contribution in [2.24, 2.45) is 0 Å². The highest BCUT2D eigenvalue weighted by atomic mass is 35.5. The van der Waals surface area contributed by atoms with Crippen LogP contribution in [0.25, 0.3) is 0 Å². The summed E-state index contributed by atoms with van der Waals surface area (Å²) in [5.74, 6) is 0.455. The third-order valence-corrected chi connectivity index (χ3v) is 3.63. The number of alkyl halides is 1. The molecule has 15 heavy (non-hydrogen) atoms. The largest absolute Gasteiger partial charge is 0.240 e. The Morgan fingerprint density at radius 2 is 2.13 bits per heavy atom. The minimum Gasteiger partial charge on any atom is -0.211 e. The van der Waals surface area contributed by atoms with Gasteiger partial charge in [-0.1, -0.05) is 12.1 Å². The number of halogens is 1. The molecule has 0 atom stereocenters. The molecule has 0 aliphatic heterocycles. The number of aryl methyl sites for hydroxylation is 1. The van der Waals surface area contributed by atoms with Crippen molar-refractivity contribution in [2.75, 3.05) is 12.4 Å². The van der Waals surface area contributed by atoms with Gasteiger partial charge in [0.1, 0.15) is 0 Å². The van der Waals surface area contributed by atoms with E-state index in [1.165, 1.54) is 0 Å². The number of sulfonamides is 1. The Labute approximate surface area is 95.5 Å². The van der Waals surface area contributed by atoms with Crippen LogP contribution in [0.1, 0.15) is 12.0 Å². The molecule has 3 nitrogen and oxygen atoms in total. The lowest BCUT2D eigenvalue weighted by molar-refractivity contribution is 0.581. The van der Waals surface area contributed by atoms with Gasteiger partial charge in [0.15, 0.2) is 0 Å². The van der Waals surface area contributed by atoms with Crippen molar-refractivity contribution < 1.29 is 8.42 Å². The Balaban J connectivity index is 2.77. The summed E-state index contributed by atoms with van der Waals surface area (Å²) in [5.41, 5.74) is 0.926. The van der Waals surface area contributed by atoms with Gasteiger partial charge in [0.25, 0.3) is 0 Å². The molecule has 5 heteroatoms. The Bertz CT molecular complexity index is 417. The molecule has 1 aromatic carbocycles. The summed E-state index contributed by atoms with van der Waals surface area (Å²) in [6, 6.07) is 6.81. The fourth-order valence-corrected chi connectivity index (χ4v) is 2.45. The molecule has 0 saturated heterocycles. The van der Waals surface area contributed by atoms with Crippen LogP contribution in [0, 0.1) is 6.92 Å². The van der Waals surface area contributed by atoms with Crippen molar-refractivity contribution in [3.05, 3.63) is 29.8 Å².